The van der Waals surface area contributed by atoms with Gasteiger partial charge in [-0.05, 0) is 43.2 Å². The number of furan rings is 1. The maximum atomic E-state index is 11.8. The van der Waals surface area contributed by atoms with Crippen LogP contribution in [0.3, 0.4) is 0 Å². The first-order valence-corrected chi connectivity index (χ1v) is 5.59. The molecule has 1 N–H and O–H groups in total. The first-order valence-electron chi connectivity index (χ1n) is 5.59. The molecular weight excluding hydrogens is 248 g/mol. The van der Waals surface area contributed by atoms with E-state index < -0.39 is 10.8 Å². The summed E-state index contributed by atoms with van der Waals surface area (Å²) >= 11 is 0. The SMILES string of the molecule is Cc1cc(NC(=O)c2ccco2)c([N+](=O)[O-])cc1C. The van der Waals surface area contributed by atoms with E-state index >= 15 is 0 Å². The highest BCUT2D eigenvalue weighted by Gasteiger charge is 2.19. The monoisotopic (exact) mass is 260 g/mol. The lowest BCUT2D eigenvalue weighted by atomic mass is 10.1. The lowest BCUT2D eigenvalue weighted by Crippen LogP contribution is -2.12. The van der Waals surface area contributed by atoms with Crippen molar-refractivity contribution in [2.24, 2.45) is 0 Å². The van der Waals surface area contributed by atoms with Crippen LogP contribution >= 0.6 is 0 Å². The third-order valence-corrected chi connectivity index (χ3v) is 2.80. The van der Waals surface area contributed by atoms with Crippen molar-refractivity contribution in [3.05, 3.63) is 57.5 Å². The minimum atomic E-state index is -0.524. The molecule has 0 fully saturated rings. The number of carbonyl (C=O) groups is 1. The number of carbonyl (C=O) groups excluding carboxylic acids is 1. The van der Waals surface area contributed by atoms with Crippen molar-refractivity contribution in [2.75, 3.05) is 5.32 Å². The zero-order valence-corrected chi connectivity index (χ0v) is 10.5. The number of hydrogen-bond donors (Lipinski definition) is 1. The number of amides is 1. The molecule has 0 spiro atoms. The molecular formula is C13H12N2O4. The number of nitro groups is 1. The van der Waals surface area contributed by atoms with Crippen LogP contribution in [-0.4, -0.2) is 10.8 Å². The zero-order chi connectivity index (χ0) is 14.0. The standard InChI is InChI=1S/C13H12N2O4/c1-8-6-10(11(15(17)18)7-9(8)2)14-13(16)12-4-3-5-19-12/h3-7H,1-2H3,(H,14,16). The highest BCUT2D eigenvalue weighted by Crippen LogP contribution is 2.28. The number of rotatable bonds is 3. The van der Waals surface area contributed by atoms with E-state index in [1.54, 1.807) is 19.1 Å². The number of hydrogen-bond acceptors (Lipinski definition) is 4. The van der Waals surface area contributed by atoms with Crippen molar-refractivity contribution < 1.29 is 14.1 Å². The van der Waals surface area contributed by atoms with Crippen molar-refractivity contribution >= 4 is 17.3 Å². The number of aryl methyl sites for hydroxylation is 2. The van der Waals surface area contributed by atoms with Crippen molar-refractivity contribution in [3.8, 4) is 0 Å². The van der Waals surface area contributed by atoms with Crippen LogP contribution in [-0.2, 0) is 0 Å². The van der Waals surface area contributed by atoms with Crippen LogP contribution in [0.4, 0.5) is 11.4 Å². The Morgan fingerprint density at radius 1 is 1.32 bits per heavy atom. The highest BCUT2D eigenvalue weighted by atomic mass is 16.6. The van der Waals surface area contributed by atoms with Gasteiger partial charge in [-0.2, -0.15) is 0 Å². The average Bonchev–Trinajstić information content (AvgIpc) is 2.86. The molecule has 2 rings (SSSR count). The quantitative estimate of drug-likeness (QED) is 0.678. The van der Waals surface area contributed by atoms with E-state index in [0.717, 1.165) is 11.1 Å². The van der Waals surface area contributed by atoms with Crippen molar-refractivity contribution in [1.82, 2.24) is 0 Å². The van der Waals surface area contributed by atoms with Gasteiger partial charge in [-0.25, -0.2) is 0 Å². The van der Waals surface area contributed by atoms with E-state index in [1.807, 2.05) is 6.92 Å². The van der Waals surface area contributed by atoms with Crippen LogP contribution in [0, 0.1) is 24.0 Å². The minimum absolute atomic E-state index is 0.104. The Labute approximate surface area is 109 Å². The molecule has 2 aromatic rings. The fourth-order valence-corrected chi connectivity index (χ4v) is 1.64. The molecule has 6 nitrogen and oxygen atoms in total. The minimum Gasteiger partial charge on any atom is -0.459 e. The largest absolute Gasteiger partial charge is 0.459 e. The van der Waals surface area contributed by atoms with Crippen LogP contribution < -0.4 is 5.32 Å². The molecule has 1 aromatic heterocycles. The molecule has 6 heteroatoms. The van der Waals surface area contributed by atoms with Gasteiger partial charge in [0.2, 0.25) is 0 Å². The summed E-state index contributed by atoms with van der Waals surface area (Å²) in [5.74, 6) is -0.413. The summed E-state index contributed by atoms with van der Waals surface area (Å²) in [5, 5.41) is 13.5. The molecule has 0 aliphatic heterocycles. The second-order valence-electron chi connectivity index (χ2n) is 4.14. The van der Waals surface area contributed by atoms with Gasteiger partial charge >= 0.3 is 0 Å². The van der Waals surface area contributed by atoms with Crippen LogP contribution in [0.1, 0.15) is 21.7 Å². The molecule has 1 heterocycles. The number of anilines is 1. The zero-order valence-electron chi connectivity index (χ0n) is 10.5. The van der Waals surface area contributed by atoms with Crippen LogP contribution in [0.15, 0.2) is 34.9 Å². The summed E-state index contributed by atoms with van der Waals surface area (Å²) in [7, 11) is 0. The summed E-state index contributed by atoms with van der Waals surface area (Å²) in [6.07, 6.45) is 1.36. The molecule has 0 bridgehead atoms. The molecule has 98 valence electrons. The second kappa shape index (κ2) is 4.93. The number of benzene rings is 1. The van der Waals surface area contributed by atoms with Gasteiger partial charge < -0.3 is 9.73 Å². The molecule has 1 aromatic carbocycles. The van der Waals surface area contributed by atoms with Crippen molar-refractivity contribution in [3.63, 3.8) is 0 Å². The molecule has 0 saturated heterocycles. The fourth-order valence-electron chi connectivity index (χ4n) is 1.64. The molecule has 1 amide bonds. The second-order valence-corrected chi connectivity index (χ2v) is 4.14. The first kappa shape index (κ1) is 12.8. The summed E-state index contributed by atoms with van der Waals surface area (Å²) < 4.78 is 4.94. The van der Waals surface area contributed by atoms with Gasteiger partial charge in [0.1, 0.15) is 5.69 Å². The van der Waals surface area contributed by atoms with Gasteiger partial charge in [-0.3, -0.25) is 14.9 Å². The maximum absolute atomic E-state index is 11.8. The van der Waals surface area contributed by atoms with E-state index in [9.17, 15) is 14.9 Å². The van der Waals surface area contributed by atoms with E-state index in [-0.39, 0.29) is 17.1 Å². The average molecular weight is 260 g/mol. The smallest absolute Gasteiger partial charge is 0.293 e. The summed E-state index contributed by atoms with van der Waals surface area (Å²) in [6, 6.07) is 6.08. The normalized spacial score (nSPS) is 10.2. The number of nitrogens with zero attached hydrogens (tertiary/aromatic N) is 1. The third-order valence-electron chi connectivity index (χ3n) is 2.80. The molecule has 19 heavy (non-hydrogen) atoms. The molecule has 0 atom stereocenters. The maximum Gasteiger partial charge on any atom is 0.293 e. The van der Waals surface area contributed by atoms with Crippen LogP contribution in [0.2, 0.25) is 0 Å². The highest BCUT2D eigenvalue weighted by molar-refractivity contribution is 6.03. The molecule has 0 unspecified atom stereocenters. The Bertz CT molecular complexity index is 632. The molecule has 0 radical (unpaired) electrons. The molecule has 0 aliphatic rings. The fraction of sp³-hybridized carbons (Fsp3) is 0.154. The van der Waals surface area contributed by atoms with E-state index in [2.05, 4.69) is 5.32 Å². The van der Waals surface area contributed by atoms with Crippen LogP contribution in [0.5, 0.6) is 0 Å². The Morgan fingerprint density at radius 2 is 2.00 bits per heavy atom. The Balaban J connectivity index is 2.36. The summed E-state index contributed by atoms with van der Waals surface area (Å²) in [6.45, 7) is 3.60. The van der Waals surface area contributed by atoms with Gasteiger partial charge in [-0.1, -0.05) is 0 Å². The lowest BCUT2D eigenvalue weighted by Gasteiger charge is -2.07. The van der Waals surface area contributed by atoms with Gasteiger partial charge in [0.15, 0.2) is 5.76 Å². The number of nitro benzene ring substituents is 1. The van der Waals surface area contributed by atoms with E-state index in [1.165, 1.54) is 18.4 Å². The summed E-state index contributed by atoms with van der Waals surface area (Å²) in [4.78, 5) is 22.3. The van der Waals surface area contributed by atoms with Gasteiger partial charge in [0.05, 0.1) is 11.2 Å². The molecule has 0 aliphatic carbocycles. The predicted molar refractivity (Wildman–Crippen MR) is 69.2 cm³/mol. The summed E-state index contributed by atoms with van der Waals surface area (Å²) in [5.41, 5.74) is 1.68. The van der Waals surface area contributed by atoms with Crippen molar-refractivity contribution in [2.45, 2.75) is 13.8 Å². The Morgan fingerprint density at radius 3 is 2.58 bits per heavy atom. The van der Waals surface area contributed by atoms with Gasteiger partial charge in [0.25, 0.3) is 11.6 Å². The predicted octanol–water partition coefficient (Wildman–Crippen LogP) is 3.06. The third kappa shape index (κ3) is 2.62. The van der Waals surface area contributed by atoms with Gasteiger partial charge in [0, 0.05) is 6.07 Å². The first-order chi connectivity index (χ1) is 8.99. The Hall–Kier alpha value is -2.63. The van der Waals surface area contributed by atoms with Crippen molar-refractivity contribution in [1.29, 1.82) is 0 Å². The lowest BCUT2D eigenvalue weighted by molar-refractivity contribution is -0.384. The van der Waals surface area contributed by atoms with E-state index in [0.29, 0.717) is 0 Å². The number of nitrogens with one attached hydrogen (secondary N) is 1. The van der Waals surface area contributed by atoms with Crippen LogP contribution in [0.25, 0.3) is 0 Å². The van der Waals surface area contributed by atoms with E-state index in [4.69, 9.17) is 4.42 Å². The molecule has 0 saturated carbocycles. The topological polar surface area (TPSA) is 85.4 Å². The Kier molecular flexibility index (Phi) is 3.33. The van der Waals surface area contributed by atoms with Gasteiger partial charge in [-0.15, -0.1) is 0 Å².